The van der Waals surface area contributed by atoms with Gasteiger partial charge in [-0.05, 0) is 52.7 Å². The van der Waals surface area contributed by atoms with E-state index in [0.29, 0.717) is 0 Å². The summed E-state index contributed by atoms with van der Waals surface area (Å²) in [5.41, 5.74) is 1.04. The summed E-state index contributed by atoms with van der Waals surface area (Å²) in [5, 5.41) is 3.50. The lowest BCUT2D eigenvalue weighted by Crippen LogP contribution is -2.23. The summed E-state index contributed by atoms with van der Waals surface area (Å²) in [6, 6.07) is 7.68. The highest BCUT2D eigenvalue weighted by molar-refractivity contribution is 9.10. The molecule has 1 N–H and O–H groups in total. The smallest absolute Gasteiger partial charge is 0.139 e. The predicted octanol–water partition coefficient (Wildman–Crippen LogP) is 4.15. The SMILES string of the molecule is CCCNC(c1cc(OC)cc(OC)c1)c1occc1Br. The highest BCUT2D eigenvalue weighted by Crippen LogP contribution is 2.33. The largest absolute Gasteiger partial charge is 0.497 e. The molecule has 0 fully saturated rings. The zero-order valence-corrected chi connectivity index (χ0v) is 14.1. The van der Waals surface area contributed by atoms with E-state index in [1.54, 1.807) is 20.5 Å². The van der Waals surface area contributed by atoms with Gasteiger partial charge in [0.05, 0.1) is 31.0 Å². The lowest BCUT2D eigenvalue weighted by Gasteiger charge is -2.19. The lowest BCUT2D eigenvalue weighted by atomic mass is 10.0. The van der Waals surface area contributed by atoms with Crippen molar-refractivity contribution in [3.05, 3.63) is 46.3 Å². The molecule has 4 nitrogen and oxygen atoms in total. The number of hydrogen-bond donors (Lipinski definition) is 1. The maximum atomic E-state index is 5.63. The lowest BCUT2D eigenvalue weighted by molar-refractivity contribution is 0.390. The van der Waals surface area contributed by atoms with E-state index in [-0.39, 0.29) is 6.04 Å². The van der Waals surface area contributed by atoms with Crippen LogP contribution in [0.1, 0.15) is 30.7 Å². The predicted molar refractivity (Wildman–Crippen MR) is 86.1 cm³/mol. The molecule has 0 aliphatic heterocycles. The van der Waals surface area contributed by atoms with Crippen LogP contribution >= 0.6 is 15.9 Å². The van der Waals surface area contributed by atoms with Gasteiger partial charge in [0.1, 0.15) is 17.3 Å². The molecule has 1 aromatic carbocycles. The van der Waals surface area contributed by atoms with Gasteiger partial charge in [0, 0.05) is 6.07 Å². The molecule has 1 aromatic heterocycles. The van der Waals surface area contributed by atoms with Crippen molar-refractivity contribution in [3.8, 4) is 11.5 Å². The maximum absolute atomic E-state index is 5.63. The second-order valence-corrected chi connectivity index (χ2v) is 5.52. The molecule has 0 aliphatic rings. The van der Waals surface area contributed by atoms with Gasteiger partial charge in [-0.1, -0.05) is 6.92 Å². The molecular weight excluding hydrogens is 334 g/mol. The van der Waals surface area contributed by atoms with Gasteiger partial charge in [-0.2, -0.15) is 0 Å². The first kappa shape index (κ1) is 15.9. The van der Waals surface area contributed by atoms with E-state index in [1.807, 2.05) is 24.3 Å². The molecule has 21 heavy (non-hydrogen) atoms. The standard InChI is InChI=1S/C16H20BrNO3/c1-4-6-18-15(16-14(17)5-7-21-16)11-8-12(19-2)10-13(9-11)20-3/h5,7-10,15,18H,4,6H2,1-3H3. The number of ether oxygens (including phenoxy) is 2. The van der Waals surface area contributed by atoms with Crippen molar-refractivity contribution in [3.63, 3.8) is 0 Å². The van der Waals surface area contributed by atoms with E-state index in [2.05, 4.69) is 28.2 Å². The minimum absolute atomic E-state index is 0.0571. The molecule has 0 bridgehead atoms. The van der Waals surface area contributed by atoms with Crippen molar-refractivity contribution >= 4 is 15.9 Å². The summed E-state index contributed by atoms with van der Waals surface area (Å²) in [6.45, 7) is 3.02. The molecule has 2 rings (SSSR count). The summed E-state index contributed by atoms with van der Waals surface area (Å²) in [7, 11) is 3.30. The van der Waals surface area contributed by atoms with Gasteiger partial charge in [0.15, 0.2) is 0 Å². The zero-order chi connectivity index (χ0) is 15.2. The number of furan rings is 1. The van der Waals surface area contributed by atoms with Crippen LogP contribution in [0.3, 0.4) is 0 Å². The summed E-state index contributed by atoms with van der Waals surface area (Å²) in [5.74, 6) is 2.37. The van der Waals surface area contributed by atoms with E-state index >= 15 is 0 Å². The van der Waals surface area contributed by atoms with Crippen molar-refractivity contribution in [2.45, 2.75) is 19.4 Å². The highest BCUT2D eigenvalue weighted by atomic mass is 79.9. The van der Waals surface area contributed by atoms with Gasteiger partial charge in [0.25, 0.3) is 0 Å². The molecule has 0 saturated heterocycles. The first-order valence-corrected chi connectivity index (χ1v) is 7.68. The van der Waals surface area contributed by atoms with E-state index in [9.17, 15) is 0 Å². The molecule has 0 saturated carbocycles. The van der Waals surface area contributed by atoms with Crippen LogP contribution in [0.15, 0.2) is 39.4 Å². The van der Waals surface area contributed by atoms with E-state index in [4.69, 9.17) is 13.9 Å². The van der Waals surface area contributed by atoms with Gasteiger partial charge in [-0.3, -0.25) is 0 Å². The Morgan fingerprint density at radius 2 is 1.86 bits per heavy atom. The third-order valence-corrected chi connectivity index (χ3v) is 3.87. The van der Waals surface area contributed by atoms with E-state index in [1.165, 1.54) is 0 Å². The Hall–Kier alpha value is -1.46. The number of hydrogen-bond acceptors (Lipinski definition) is 4. The van der Waals surface area contributed by atoms with Crippen LogP contribution in [0.2, 0.25) is 0 Å². The van der Waals surface area contributed by atoms with Gasteiger partial charge in [0.2, 0.25) is 0 Å². The average molecular weight is 354 g/mol. The molecule has 1 heterocycles. The first-order valence-electron chi connectivity index (χ1n) is 6.88. The Morgan fingerprint density at radius 1 is 1.19 bits per heavy atom. The summed E-state index contributed by atoms with van der Waals surface area (Å²) >= 11 is 3.53. The summed E-state index contributed by atoms with van der Waals surface area (Å²) < 4.78 is 17.3. The summed E-state index contributed by atoms with van der Waals surface area (Å²) in [6.07, 6.45) is 2.72. The third-order valence-electron chi connectivity index (χ3n) is 3.21. The van der Waals surface area contributed by atoms with Gasteiger partial charge in [-0.25, -0.2) is 0 Å². The third kappa shape index (κ3) is 3.80. The van der Waals surface area contributed by atoms with Crippen LogP contribution in [0, 0.1) is 0 Å². The number of methoxy groups -OCH3 is 2. The number of nitrogens with one attached hydrogen (secondary N) is 1. The van der Waals surface area contributed by atoms with Gasteiger partial charge < -0.3 is 19.2 Å². The van der Waals surface area contributed by atoms with Crippen molar-refractivity contribution in [1.82, 2.24) is 5.32 Å². The Morgan fingerprint density at radius 3 is 2.33 bits per heavy atom. The van der Waals surface area contributed by atoms with Crippen molar-refractivity contribution in [2.24, 2.45) is 0 Å². The molecule has 0 spiro atoms. The van der Waals surface area contributed by atoms with Crippen molar-refractivity contribution in [1.29, 1.82) is 0 Å². The zero-order valence-electron chi connectivity index (χ0n) is 12.5. The fourth-order valence-electron chi connectivity index (χ4n) is 2.16. The van der Waals surface area contributed by atoms with E-state index in [0.717, 1.165) is 40.3 Å². The highest BCUT2D eigenvalue weighted by Gasteiger charge is 2.21. The van der Waals surface area contributed by atoms with Crippen LogP contribution in [0.4, 0.5) is 0 Å². The minimum Gasteiger partial charge on any atom is -0.497 e. The van der Waals surface area contributed by atoms with Crippen LogP contribution in [-0.4, -0.2) is 20.8 Å². The second-order valence-electron chi connectivity index (χ2n) is 4.67. The summed E-state index contributed by atoms with van der Waals surface area (Å²) in [4.78, 5) is 0. The van der Waals surface area contributed by atoms with E-state index < -0.39 is 0 Å². The molecule has 0 aliphatic carbocycles. The molecule has 0 radical (unpaired) electrons. The Balaban J connectivity index is 2.43. The van der Waals surface area contributed by atoms with Crippen LogP contribution in [-0.2, 0) is 0 Å². The van der Waals surface area contributed by atoms with Gasteiger partial charge >= 0.3 is 0 Å². The molecule has 5 heteroatoms. The number of benzene rings is 1. The molecule has 1 atom stereocenters. The molecule has 114 valence electrons. The van der Waals surface area contributed by atoms with Gasteiger partial charge in [-0.15, -0.1) is 0 Å². The fraction of sp³-hybridized carbons (Fsp3) is 0.375. The monoisotopic (exact) mass is 353 g/mol. The topological polar surface area (TPSA) is 43.6 Å². The quantitative estimate of drug-likeness (QED) is 0.811. The first-order chi connectivity index (χ1) is 10.2. The Labute approximate surface area is 133 Å². The Bertz CT molecular complexity index is 560. The average Bonchev–Trinajstić information content (AvgIpc) is 2.93. The maximum Gasteiger partial charge on any atom is 0.139 e. The second kappa shape index (κ2) is 7.52. The Kier molecular flexibility index (Phi) is 5.70. The molecule has 0 amide bonds. The van der Waals surface area contributed by atoms with Crippen LogP contribution < -0.4 is 14.8 Å². The number of halogens is 1. The van der Waals surface area contributed by atoms with Crippen LogP contribution in [0.5, 0.6) is 11.5 Å². The normalized spacial score (nSPS) is 12.2. The fourth-order valence-corrected chi connectivity index (χ4v) is 2.59. The van der Waals surface area contributed by atoms with Crippen LogP contribution in [0.25, 0.3) is 0 Å². The minimum atomic E-state index is -0.0571. The van der Waals surface area contributed by atoms with Crippen molar-refractivity contribution < 1.29 is 13.9 Å². The van der Waals surface area contributed by atoms with Crippen molar-refractivity contribution in [2.75, 3.05) is 20.8 Å². The molecule has 2 aromatic rings. The molecular formula is C16H20BrNO3. The number of rotatable bonds is 7. The molecule has 1 unspecified atom stereocenters.